The van der Waals surface area contributed by atoms with Crippen LogP contribution in [0.5, 0.6) is 5.75 Å². The molecule has 0 unspecified atom stereocenters. The topological polar surface area (TPSA) is 27.1 Å². The second-order valence-corrected chi connectivity index (χ2v) is 4.04. The zero-order valence-corrected chi connectivity index (χ0v) is 10.2. The quantitative estimate of drug-likeness (QED) is 0.816. The second kappa shape index (κ2) is 4.57. The molecule has 4 heteroatoms. The van der Waals surface area contributed by atoms with Crippen LogP contribution in [0.15, 0.2) is 24.3 Å². The molecule has 0 spiro atoms. The van der Waals surface area contributed by atoms with Gasteiger partial charge in [-0.15, -0.1) is 0 Å². The first-order valence-electron chi connectivity index (χ1n) is 5.43. The molecule has 1 aromatic carbocycles. The van der Waals surface area contributed by atoms with Gasteiger partial charge in [0.05, 0.1) is 19.3 Å². The minimum absolute atomic E-state index is 0.262. The minimum Gasteiger partial charge on any atom is -0.496 e. The van der Waals surface area contributed by atoms with E-state index in [2.05, 4.69) is 5.10 Å². The summed E-state index contributed by atoms with van der Waals surface area (Å²) in [6, 6.07) is 6.50. The molecule has 17 heavy (non-hydrogen) atoms. The van der Waals surface area contributed by atoms with Crippen molar-refractivity contribution in [1.29, 1.82) is 0 Å². The molecule has 0 bridgehead atoms. The normalized spacial score (nSPS) is 10.6. The highest BCUT2D eigenvalue weighted by Crippen LogP contribution is 2.20. The van der Waals surface area contributed by atoms with Crippen molar-refractivity contribution in [1.82, 2.24) is 9.78 Å². The van der Waals surface area contributed by atoms with Crippen LogP contribution in [0.1, 0.15) is 17.0 Å². The Morgan fingerprint density at radius 1 is 1.29 bits per heavy atom. The average Bonchev–Trinajstić information content (AvgIpc) is 2.58. The lowest BCUT2D eigenvalue weighted by Gasteiger charge is -2.09. The van der Waals surface area contributed by atoms with Gasteiger partial charge in [0.15, 0.2) is 0 Å². The summed E-state index contributed by atoms with van der Waals surface area (Å²) in [7, 11) is 1.58. The number of aromatic nitrogens is 2. The van der Waals surface area contributed by atoms with Crippen LogP contribution in [0.2, 0.25) is 0 Å². The third kappa shape index (κ3) is 2.46. The molecule has 0 saturated heterocycles. The van der Waals surface area contributed by atoms with Crippen molar-refractivity contribution in [2.24, 2.45) is 0 Å². The molecule has 0 amide bonds. The smallest absolute Gasteiger partial charge is 0.124 e. The Morgan fingerprint density at radius 3 is 2.65 bits per heavy atom. The predicted octanol–water partition coefficient (Wildman–Crippen LogP) is 2.70. The van der Waals surface area contributed by atoms with Crippen LogP contribution < -0.4 is 4.74 Å². The van der Waals surface area contributed by atoms with Gasteiger partial charge in [-0.1, -0.05) is 0 Å². The molecule has 2 rings (SSSR count). The molecule has 0 N–H and O–H groups in total. The largest absolute Gasteiger partial charge is 0.496 e. The highest BCUT2D eigenvalue weighted by molar-refractivity contribution is 5.34. The van der Waals surface area contributed by atoms with Crippen LogP contribution in [0.3, 0.4) is 0 Å². The molecule has 3 nitrogen and oxygen atoms in total. The zero-order chi connectivity index (χ0) is 12.4. The molecule has 0 aliphatic rings. The Bertz CT molecular complexity index is 534. The Labute approximate surface area is 99.8 Å². The first-order valence-corrected chi connectivity index (χ1v) is 5.43. The van der Waals surface area contributed by atoms with Crippen molar-refractivity contribution in [3.63, 3.8) is 0 Å². The minimum atomic E-state index is -0.262. The summed E-state index contributed by atoms with van der Waals surface area (Å²) in [6.45, 7) is 4.43. The SMILES string of the molecule is COc1ccc(F)cc1Cn1nc(C)cc1C. The molecule has 0 aliphatic heterocycles. The molecule has 0 atom stereocenters. The van der Waals surface area contributed by atoms with E-state index in [4.69, 9.17) is 4.74 Å². The van der Waals surface area contributed by atoms with Gasteiger partial charge in [0.2, 0.25) is 0 Å². The van der Waals surface area contributed by atoms with Gasteiger partial charge in [0, 0.05) is 11.3 Å². The van der Waals surface area contributed by atoms with E-state index < -0.39 is 0 Å². The molecule has 0 fully saturated rings. The van der Waals surface area contributed by atoms with Gasteiger partial charge in [-0.25, -0.2) is 4.39 Å². The number of ether oxygens (including phenoxy) is 1. The third-order valence-electron chi connectivity index (χ3n) is 2.67. The maximum atomic E-state index is 13.2. The molecule has 1 aromatic heterocycles. The Morgan fingerprint density at radius 2 is 2.06 bits per heavy atom. The third-order valence-corrected chi connectivity index (χ3v) is 2.67. The summed E-state index contributed by atoms with van der Waals surface area (Å²) in [5, 5.41) is 4.35. The predicted molar refractivity (Wildman–Crippen MR) is 63.8 cm³/mol. The highest BCUT2D eigenvalue weighted by atomic mass is 19.1. The maximum Gasteiger partial charge on any atom is 0.124 e. The van der Waals surface area contributed by atoms with E-state index in [0.29, 0.717) is 12.3 Å². The molecule has 90 valence electrons. The van der Waals surface area contributed by atoms with E-state index in [1.165, 1.54) is 12.1 Å². The summed E-state index contributed by atoms with van der Waals surface area (Å²) in [6.07, 6.45) is 0. The summed E-state index contributed by atoms with van der Waals surface area (Å²) in [5.74, 6) is 0.418. The monoisotopic (exact) mass is 234 g/mol. The van der Waals surface area contributed by atoms with E-state index in [0.717, 1.165) is 17.0 Å². The lowest BCUT2D eigenvalue weighted by Crippen LogP contribution is -2.05. The fraction of sp³-hybridized carbons (Fsp3) is 0.308. The fourth-order valence-electron chi connectivity index (χ4n) is 1.87. The second-order valence-electron chi connectivity index (χ2n) is 4.04. The van der Waals surface area contributed by atoms with Crippen molar-refractivity contribution >= 4 is 0 Å². The number of nitrogens with zero attached hydrogens (tertiary/aromatic N) is 2. The van der Waals surface area contributed by atoms with Crippen LogP contribution in [-0.4, -0.2) is 16.9 Å². The number of methoxy groups -OCH3 is 1. The number of rotatable bonds is 3. The standard InChI is InChI=1S/C13H15FN2O/c1-9-6-10(2)16(15-9)8-11-7-12(14)4-5-13(11)17-3/h4-7H,8H2,1-3H3. The van der Waals surface area contributed by atoms with E-state index in [1.54, 1.807) is 13.2 Å². The van der Waals surface area contributed by atoms with Crippen molar-refractivity contribution in [2.45, 2.75) is 20.4 Å². The average molecular weight is 234 g/mol. The summed E-state index contributed by atoms with van der Waals surface area (Å²) in [4.78, 5) is 0. The number of benzene rings is 1. The molecule has 0 saturated carbocycles. The molecular formula is C13H15FN2O. The van der Waals surface area contributed by atoms with Gasteiger partial charge in [0.25, 0.3) is 0 Å². The van der Waals surface area contributed by atoms with E-state index in [-0.39, 0.29) is 5.82 Å². The van der Waals surface area contributed by atoms with Crippen molar-refractivity contribution in [2.75, 3.05) is 7.11 Å². The Hall–Kier alpha value is -1.84. The molecule has 0 aliphatic carbocycles. The van der Waals surface area contributed by atoms with Gasteiger partial charge >= 0.3 is 0 Å². The van der Waals surface area contributed by atoms with E-state index in [9.17, 15) is 4.39 Å². The van der Waals surface area contributed by atoms with E-state index >= 15 is 0 Å². The lowest BCUT2D eigenvalue weighted by molar-refractivity contribution is 0.405. The summed E-state index contributed by atoms with van der Waals surface area (Å²) in [5.41, 5.74) is 2.80. The molecule has 0 radical (unpaired) electrons. The van der Waals surface area contributed by atoms with Crippen molar-refractivity contribution < 1.29 is 9.13 Å². The van der Waals surface area contributed by atoms with Gasteiger partial charge < -0.3 is 4.74 Å². The van der Waals surface area contributed by atoms with E-state index in [1.807, 2.05) is 24.6 Å². The van der Waals surface area contributed by atoms with Gasteiger partial charge in [0.1, 0.15) is 11.6 Å². The summed E-state index contributed by atoms with van der Waals surface area (Å²) < 4.78 is 20.3. The number of hydrogen-bond donors (Lipinski definition) is 0. The van der Waals surface area contributed by atoms with Crippen LogP contribution in [0.25, 0.3) is 0 Å². The first kappa shape index (κ1) is 11.6. The van der Waals surface area contributed by atoms with Crippen LogP contribution in [0.4, 0.5) is 4.39 Å². The molecule has 1 heterocycles. The van der Waals surface area contributed by atoms with Gasteiger partial charge in [-0.05, 0) is 38.1 Å². The van der Waals surface area contributed by atoms with Gasteiger partial charge in [-0.2, -0.15) is 5.10 Å². The zero-order valence-electron chi connectivity index (χ0n) is 10.2. The Balaban J connectivity index is 2.35. The maximum absolute atomic E-state index is 13.2. The molecule has 2 aromatic rings. The number of aryl methyl sites for hydroxylation is 2. The highest BCUT2D eigenvalue weighted by Gasteiger charge is 2.08. The number of halogens is 1. The van der Waals surface area contributed by atoms with Crippen molar-refractivity contribution in [3.05, 3.63) is 47.0 Å². The molecular weight excluding hydrogens is 219 g/mol. The van der Waals surface area contributed by atoms with Crippen molar-refractivity contribution in [3.8, 4) is 5.75 Å². The Kier molecular flexibility index (Phi) is 3.13. The lowest BCUT2D eigenvalue weighted by atomic mass is 10.2. The van der Waals surface area contributed by atoms with Crippen LogP contribution in [0, 0.1) is 19.7 Å². The first-order chi connectivity index (χ1) is 8.10. The summed E-state index contributed by atoms with van der Waals surface area (Å²) >= 11 is 0. The van der Waals surface area contributed by atoms with Crippen LogP contribution in [-0.2, 0) is 6.54 Å². The van der Waals surface area contributed by atoms with Crippen LogP contribution >= 0.6 is 0 Å². The fourth-order valence-corrected chi connectivity index (χ4v) is 1.87. The number of hydrogen-bond acceptors (Lipinski definition) is 2. The van der Waals surface area contributed by atoms with Gasteiger partial charge in [-0.3, -0.25) is 4.68 Å².